The maximum Gasteiger partial charge on any atom is 0.272 e. The van der Waals surface area contributed by atoms with Gasteiger partial charge in [-0.25, -0.2) is 4.39 Å². The van der Waals surface area contributed by atoms with Crippen molar-refractivity contribution in [2.24, 2.45) is 0 Å². The average Bonchev–Trinajstić information content (AvgIpc) is 3.57. The molecule has 0 saturated carbocycles. The molecule has 2 aliphatic heterocycles. The number of amides is 2. The van der Waals surface area contributed by atoms with Gasteiger partial charge in [-0.1, -0.05) is 23.2 Å². The monoisotopic (exact) mass is 529 g/mol. The Kier molecular flexibility index (Phi) is 6.81. The second kappa shape index (κ2) is 10.0. The Morgan fingerprint density at radius 1 is 1.06 bits per heavy atom. The Morgan fingerprint density at radius 2 is 1.78 bits per heavy atom. The zero-order valence-electron chi connectivity index (χ0n) is 19.7. The van der Waals surface area contributed by atoms with Gasteiger partial charge in [0.05, 0.1) is 16.8 Å². The predicted molar refractivity (Wildman–Crippen MR) is 141 cm³/mol. The lowest BCUT2D eigenvalue weighted by atomic mass is 10.0. The van der Waals surface area contributed by atoms with Gasteiger partial charge in [0.25, 0.3) is 11.8 Å². The van der Waals surface area contributed by atoms with Crippen LogP contribution >= 0.6 is 23.2 Å². The number of benzene rings is 2. The van der Waals surface area contributed by atoms with Crippen LogP contribution < -0.4 is 15.5 Å². The van der Waals surface area contributed by atoms with Crippen molar-refractivity contribution in [2.45, 2.75) is 25.8 Å². The van der Waals surface area contributed by atoms with Gasteiger partial charge in [0.15, 0.2) is 0 Å². The van der Waals surface area contributed by atoms with E-state index < -0.39 is 5.82 Å². The number of carbonyl (C=O) groups is 2. The number of carbonyl (C=O) groups excluding carboxylic acids is 2. The molecule has 1 aromatic heterocycles. The van der Waals surface area contributed by atoms with Gasteiger partial charge < -0.3 is 25.4 Å². The lowest BCUT2D eigenvalue weighted by Crippen LogP contribution is -2.35. The molecule has 7 nitrogen and oxygen atoms in total. The van der Waals surface area contributed by atoms with E-state index in [1.54, 1.807) is 30.3 Å². The smallest absolute Gasteiger partial charge is 0.272 e. The summed E-state index contributed by atoms with van der Waals surface area (Å²) in [7, 11) is 0. The fraction of sp³-hybridized carbons (Fsp3) is 0.308. The number of fused-ring (bicyclic) bond motifs is 1. The molecule has 5 rings (SSSR count). The maximum absolute atomic E-state index is 14.1. The van der Waals surface area contributed by atoms with Crippen LogP contribution in [0.4, 0.5) is 21.6 Å². The first-order valence-electron chi connectivity index (χ1n) is 11.9. The topological polar surface area (TPSA) is 80.5 Å². The zero-order chi connectivity index (χ0) is 25.4. The van der Waals surface area contributed by atoms with Crippen molar-refractivity contribution in [1.82, 2.24) is 9.88 Å². The summed E-state index contributed by atoms with van der Waals surface area (Å²) >= 11 is 12.6. The van der Waals surface area contributed by atoms with Crippen molar-refractivity contribution in [2.75, 3.05) is 41.7 Å². The molecule has 1 atom stereocenters. The number of rotatable bonds is 5. The fourth-order valence-electron chi connectivity index (χ4n) is 4.83. The molecular formula is C26H26Cl2FN5O2. The zero-order valence-corrected chi connectivity index (χ0v) is 21.2. The van der Waals surface area contributed by atoms with E-state index in [9.17, 15) is 14.0 Å². The number of aromatic amines is 1. The van der Waals surface area contributed by atoms with Gasteiger partial charge in [-0.3, -0.25) is 9.59 Å². The van der Waals surface area contributed by atoms with Gasteiger partial charge in [0.2, 0.25) is 0 Å². The average molecular weight is 530 g/mol. The number of nitrogens with one attached hydrogen (secondary N) is 3. The van der Waals surface area contributed by atoms with Crippen molar-refractivity contribution < 1.29 is 14.0 Å². The number of nitrogens with zero attached hydrogens (tertiary/aromatic N) is 2. The highest BCUT2D eigenvalue weighted by molar-refractivity contribution is 6.36. The number of aromatic nitrogens is 1. The largest absolute Gasteiger partial charge is 0.368 e. The molecule has 0 spiro atoms. The molecule has 0 radical (unpaired) electrons. The van der Waals surface area contributed by atoms with E-state index in [0.717, 1.165) is 31.6 Å². The molecule has 1 unspecified atom stereocenters. The molecule has 10 heteroatoms. The first kappa shape index (κ1) is 24.5. The van der Waals surface area contributed by atoms with Crippen LogP contribution in [0.5, 0.6) is 0 Å². The molecule has 1 saturated heterocycles. The minimum absolute atomic E-state index is 0.00440. The van der Waals surface area contributed by atoms with Crippen LogP contribution in [-0.2, 0) is 0 Å². The fourth-order valence-corrected chi connectivity index (χ4v) is 5.52. The van der Waals surface area contributed by atoms with E-state index in [2.05, 4.69) is 15.6 Å². The molecule has 3 heterocycles. The minimum atomic E-state index is -0.527. The van der Waals surface area contributed by atoms with Crippen molar-refractivity contribution in [3.05, 3.63) is 75.1 Å². The molecule has 0 aliphatic carbocycles. The predicted octanol–water partition coefficient (Wildman–Crippen LogP) is 5.94. The van der Waals surface area contributed by atoms with Gasteiger partial charge in [-0.2, -0.15) is 0 Å². The van der Waals surface area contributed by atoms with Gasteiger partial charge >= 0.3 is 0 Å². The van der Waals surface area contributed by atoms with Crippen LogP contribution in [0.25, 0.3) is 0 Å². The number of likely N-dealkylation sites (tertiary alicyclic amines) is 1. The van der Waals surface area contributed by atoms with E-state index in [0.29, 0.717) is 46.4 Å². The summed E-state index contributed by atoms with van der Waals surface area (Å²) in [6.07, 6.45) is 2.07. The lowest BCUT2D eigenvalue weighted by Gasteiger charge is -2.35. The molecule has 3 N–H and O–H groups in total. The second-order valence-corrected chi connectivity index (χ2v) is 9.81. The Bertz CT molecular complexity index is 1300. The lowest BCUT2D eigenvalue weighted by molar-refractivity contribution is 0.0792. The highest BCUT2D eigenvalue weighted by Gasteiger charge is 2.29. The Labute approximate surface area is 218 Å². The van der Waals surface area contributed by atoms with E-state index >= 15 is 0 Å². The van der Waals surface area contributed by atoms with Crippen LogP contribution in [0.3, 0.4) is 0 Å². The quantitative estimate of drug-likeness (QED) is 0.357. The second-order valence-electron chi connectivity index (χ2n) is 9.03. The summed E-state index contributed by atoms with van der Waals surface area (Å²) in [6, 6.07) is 11.1. The minimum Gasteiger partial charge on any atom is -0.368 e. The highest BCUT2D eigenvalue weighted by atomic mass is 35.5. The normalized spacial score (nSPS) is 15.9. The number of hydrogen-bond acceptors (Lipinski definition) is 4. The first-order valence-corrected chi connectivity index (χ1v) is 12.7. The SMILES string of the molecule is CC(c1c(Cl)ccc(F)c1Cl)N1CCNc2[nH]c(C(=O)Nc3ccc(C(=O)N4CCCC4)cc3)cc21. The van der Waals surface area contributed by atoms with Crippen LogP contribution in [0, 0.1) is 5.82 Å². The molecule has 36 heavy (non-hydrogen) atoms. The molecule has 188 valence electrons. The van der Waals surface area contributed by atoms with Crippen molar-refractivity contribution in [3.63, 3.8) is 0 Å². The number of hydrogen-bond donors (Lipinski definition) is 3. The summed E-state index contributed by atoms with van der Waals surface area (Å²) < 4.78 is 14.1. The van der Waals surface area contributed by atoms with Crippen LogP contribution in [0.1, 0.15) is 52.2 Å². The third kappa shape index (κ3) is 4.63. The van der Waals surface area contributed by atoms with Crippen LogP contribution in [0.2, 0.25) is 10.0 Å². The third-order valence-corrected chi connectivity index (χ3v) is 7.47. The van der Waals surface area contributed by atoms with Gasteiger partial charge in [-0.05, 0) is 62.2 Å². The van der Waals surface area contributed by atoms with Gasteiger partial charge in [0, 0.05) is 48.0 Å². The van der Waals surface area contributed by atoms with Gasteiger partial charge in [0.1, 0.15) is 17.3 Å². The van der Waals surface area contributed by atoms with Crippen LogP contribution in [-0.4, -0.2) is 47.9 Å². The van der Waals surface area contributed by atoms with Crippen molar-refractivity contribution in [1.29, 1.82) is 0 Å². The number of anilines is 3. The Hall–Kier alpha value is -3.23. The number of H-pyrrole nitrogens is 1. The van der Waals surface area contributed by atoms with Crippen LogP contribution in [0.15, 0.2) is 42.5 Å². The van der Waals surface area contributed by atoms with Gasteiger partial charge in [-0.15, -0.1) is 0 Å². The Balaban J connectivity index is 1.33. The summed E-state index contributed by atoms with van der Waals surface area (Å²) in [4.78, 5) is 32.6. The summed E-state index contributed by atoms with van der Waals surface area (Å²) in [5, 5.41) is 6.52. The highest BCUT2D eigenvalue weighted by Crippen LogP contribution is 2.41. The van der Waals surface area contributed by atoms with E-state index in [1.807, 2.05) is 16.7 Å². The standard InChI is InChI=1S/C26H26Cl2FN5O2/c1-15(22-18(27)8-9-19(29)23(22)28)34-13-10-30-24-21(34)14-20(32-24)25(35)31-17-6-4-16(5-7-17)26(36)33-11-2-3-12-33/h4-9,14-15,30,32H,2-3,10-13H2,1H3,(H,31,35). The molecule has 1 fully saturated rings. The molecule has 2 amide bonds. The summed E-state index contributed by atoms with van der Waals surface area (Å²) in [5.74, 6) is -0.144. The van der Waals surface area contributed by atoms with Crippen molar-refractivity contribution in [3.8, 4) is 0 Å². The third-order valence-electron chi connectivity index (χ3n) is 6.75. The molecule has 0 bridgehead atoms. The molecule has 2 aromatic carbocycles. The Morgan fingerprint density at radius 3 is 2.50 bits per heavy atom. The van der Waals surface area contributed by atoms with E-state index in [-0.39, 0.29) is 22.9 Å². The maximum atomic E-state index is 14.1. The number of halogens is 3. The summed E-state index contributed by atoms with van der Waals surface area (Å²) in [5.41, 5.74) is 2.82. The van der Waals surface area contributed by atoms with E-state index in [4.69, 9.17) is 23.2 Å². The molecule has 3 aromatic rings. The summed E-state index contributed by atoms with van der Waals surface area (Å²) in [6.45, 7) is 4.71. The van der Waals surface area contributed by atoms with Crippen molar-refractivity contribution >= 4 is 52.2 Å². The molecular weight excluding hydrogens is 504 g/mol. The first-order chi connectivity index (χ1) is 17.3. The molecule has 2 aliphatic rings. The van der Waals surface area contributed by atoms with E-state index in [1.165, 1.54) is 12.1 Å².